The summed E-state index contributed by atoms with van der Waals surface area (Å²) in [4.78, 5) is 20.2. The lowest BCUT2D eigenvalue weighted by molar-refractivity contribution is -0.137. The molecule has 1 aliphatic carbocycles. The Balaban J connectivity index is 1.29. The molecule has 1 unspecified atom stereocenters. The Morgan fingerprint density at radius 2 is 1.57 bits per heavy atom. The first-order chi connectivity index (χ1) is 13.7. The highest BCUT2D eigenvalue weighted by Gasteiger charge is 2.35. The first-order valence-corrected chi connectivity index (χ1v) is 11.5. The van der Waals surface area contributed by atoms with Crippen LogP contribution in [-0.4, -0.2) is 72.0 Å². The molecule has 2 heterocycles. The molecule has 154 valence electrons. The zero-order valence-electron chi connectivity index (χ0n) is 17.8. The van der Waals surface area contributed by atoms with Crippen LogP contribution in [0.4, 0.5) is 0 Å². The van der Waals surface area contributed by atoms with E-state index < -0.39 is 0 Å². The van der Waals surface area contributed by atoms with E-state index in [9.17, 15) is 4.79 Å². The summed E-state index contributed by atoms with van der Waals surface area (Å²) in [7, 11) is 0. The zero-order valence-corrected chi connectivity index (χ0v) is 17.8. The lowest BCUT2D eigenvalue weighted by Crippen LogP contribution is -2.52. The fourth-order valence-electron chi connectivity index (χ4n) is 5.74. The van der Waals surface area contributed by atoms with Gasteiger partial charge in [-0.05, 0) is 83.1 Å². The third kappa shape index (κ3) is 4.13. The highest BCUT2D eigenvalue weighted by molar-refractivity contribution is 5.79. The first-order valence-electron chi connectivity index (χ1n) is 11.5. The molecule has 1 aromatic rings. The predicted octanol–water partition coefficient (Wildman–Crippen LogP) is 3.20. The van der Waals surface area contributed by atoms with Crippen molar-refractivity contribution >= 4 is 5.91 Å². The van der Waals surface area contributed by atoms with Gasteiger partial charge in [0.25, 0.3) is 0 Å². The normalized spacial score (nSPS) is 25.0. The number of hydrogen-bond donors (Lipinski definition) is 0. The Morgan fingerprint density at radius 3 is 2.18 bits per heavy atom. The van der Waals surface area contributed by atoms with Crippen LogP contribution in [-0.2, 0) is 17.6 Å². The number of carbonyl (C=O) groups is 1. The second-order valence-electron chi connectivity index (χ2n) is 8.94. The average molecular weight is 384 g/mol. The van der Waals surface area contributed by atoms with Gasteiger partial charge in [0.15, 0.2) is 0 Å². The third-order valence-corrected chi connectivity index (χ3v) is 7.44. The van der Waals surface area contributed by atoms with Crippen molar-refractivity contribution in [1.29, 1.82) is 0 Å². The molecule has 4 rings (SSSR count). The maximum absolute atomic E-state index is 12.8. The van der Waals surface area contributed by atoms with Crippen molar-refractivity contribution < 1.29 is 4.79 Å². The summed E-state index contributed by atoms with van der Waals surface area (Å²) >= 11 is 0. The molecule has 4 heteroatoms. The van der Waals surface area contributed by atoms with Gasteiger partial charge < -0.3 is 4.90 Å². The molecule has 0 bridgehead atoms. The van der Waals surface area contributed by atoms with Crippen LogP contribution in [0.2, 0.25) is 0 Å². The lowest BCUT2D eigenvalue weighted by Gasteiger charge is -2.44. The molecule has 0 saturated carbocycles. The van der Waals surface area contributed by atoms with Crippen molar-refractivity contribution in [3.8, 4) is 0 Å². The summed E-state index contributed by atoms with van der Waals surface area (Å²) in [6.45, 7) is 10.5. The van der Waals surface area contributed by atoms with Crippen LogP contribution in [0.5, 0.6) is 0 Å². The molecule has 1 aromatic carbocycles. The molecule has 2 fully saturated rings. The maximum atomic E-state index is 12.8. The smallest absolute Gasteiger partial charge is 0.226 e. The maximum Gasteiger partial charge on any atom is 0.226 e. The van der Waals surface area contributed by atoms with E-state index >= 15 is 0 Å². The number of carbonyl (C=O) groups excluding carboxylic acids is 1. The number of rotatable bonds is 5. The van der Waals surface area contributed by atoms with Crippen LogP contribution in [0, 0.1) is 5.92 Å². The SMILES string of the molecule is CCN(CC)C(=O)C1CCCN(C2CCN(C3Cc4ccccc4C3)CC2)C1. The Hall–Kier alpha value is -1.39. The number of fused-ring (bicyclic) bond motifs is 1. The Morgan fingerprint density at radius 1 is 0.929 bits per heavy atom. The topological polar surface area (TPSA) is 26.8 Å². The molecular formula is C24H37N3O. The molecular weight excluding hydrogens is 346 g/mol. The highest BCUT2D eigenvalue weighted by atomic mass is 16.2. The fourth-order valence-corrected chi connectivity index (χ4v) is 5.74. The number of nitrogens with zero attached hydrogens (tertiary/aromatic N) is 3. The van der Waals surface area contributed by atoms with Crippen molar-refractivity contribution in [2.45, 2.75) is 64.5 Å². The van der Waals surface area contributed by atoms with Crippen LogP contribution in [0.3, 0.4) is 0 Å². The van der Waals surface area contributed by atoms with Crippen molar-refractivity contribution in [3.63, 3.8) is 0 Å². The molecule has 2 aliphatic heterocycles. The number of amides is 1. The summed E-state index contributed by atoms with van der Waals surface area (Å²) in [6, 6.07) is 10.4. The second-order valence-corrected chi connectivity index (χ2v) is 8.94. The first kappa shape index (κ1) is 19.9. The van der Waals surface area contributed by atoms with Crippen LogP contribution in [0.15, 0.2) is 24.3 Å². The molecule has 1 amide bonds. The van der Waals surface area contributed by atoms with Gasteiger partial charge in [-0.15, -0.1) is 0 Å². The Bertz CT molecular complexity index is 639. The fraction of sp³-hybridized carbons (Fsp3) is 0.708. The van der Waals surface area contributed by atoms with E-state index in [0.717, 1.165) is 26.1 Å². The van der Waals surface area contributed by atoms with E-state index in [1.165, 1.54) is 51.7 Å². The molecule has 0 N–H and O–H groups in total. The molecule has 3 aliphatic rings. The third-order valence-electron chi connectivity index (χ3n) is 7.44. The summed E-state index contributed by atoms with van der Waals surface area (Å²) in [5, 5.41) is 0. The summed E-state index contributed by atoms with van der Waals surface area (Å²) in [5.74, 6) is 0.604. The van der Waals surface area contributed by atoms with E-state index in [2.05, 4.69) is 47.9 Å². The minimum Gasteiger partial charge on any atom is -0.343 e. The van der Waals surface area contributed by atoms with Crippen LogP contribution in [0.1, 0.15) is 50.7 Å². The summed E-state index contributed by atoms with van der Waals surface area (Å²) < 4.78 is 0. The van der Waals surface area contributed by atoms with Gasteiger partial charge in [0.2, 0.25) is 5.91 Å². The second kappa shape index (κ2) is 8.96. The van der Waals surface area contributed by atoms with Crippen LogP contribution < -0.4 is 0 Å². The van der Waals surface area contributed by atoms with E-state index in [1.807, 2.05) is 4.90 Å². The van der Waals surface area contributed by atoms with Gasteiger partial charge in [-0.2, -0.15) is 0 Å². The van der Waals surface area contributed by atoms with Gasteiger partial charge in [-0.25, -0.2) is 0 Å². The van der Waals surface area contributed by atoms with Gasteiger partial charge in [0, 0.05) is 31.7 Å². The molecule has 0 radical (unpaired) electrons. The van der Waals surface area contributed by atoms with Crippen LogP contribution in [0.25, 0.3) is 0 Å². The van der Waals surface area contributed by atoms with E-state index in [4.69, 9.17) is 0 Å². The summed E-state index contributed by atoms with van der Waals surface area (Å²) in [5.41, 5.74) is 3.12. The highest BCUT2D eigenvalue weighted by Crippen LogP contribution is 2.30. The molecule has 4 nitrogen and oxygen atoms in total. The van der Waals surface area contributed by atoms with Crippen molar-refractivity contribution in [2.75, 3.05) is 39.3 Å². The van der Waals surface area contributed by atoms with Gasteiger partial charge >= 0.3 is 0 Å². The number of piperidine rings is 2. The predicted molar refractivity (Wildman–Crippen MR) is 114 cm³/mol. The van der Waals surface area contributed by atoms with Crippen molar-refractivity contribution in [3.05, 3.63) is 35.4 Å². The summed E-state index contributed by atoms with van der Waals surface area (Å²) in [6.07, 6.45) is 7.23. The number of likely N-dealkylation sites (tertiary alicyclic amines) is 2. The van der Waals surface area contributed by atoms with Crippen molar-refractivity contribution in [1.82, 2.24) is 14.7 Å². The van der Waals surface area contributed by atoms with Crippen molar-refractivity contribution in [2.24, 2.45) is 5.92 Å². The average Bonchev–Trinajstić information content (AvgIpc) is 3.19. The van der Waals surface area contributed by atoms with E-state index in [0.29, 0.717) is 18.0 Å². The molecule has 2 saturated heterocycles. The van der Waals surface area contributed by atoms with Gasteiger partial charge in [0.1, 0.15) is 0 Å². The number of hydrogen-bond acceptors (Lipinski definition) is 3. The van der Waals surface area contributed by atoms with E-state index in [1.54, 1.807) is 11.1 Å². The molecule has 0 spiro atoms. The van der Waals surface area contributed by atoms with Gasteiger partial charge in [-0.1, -0.05) is 24.3 Å². The monoisotopic (exact) mass is 383 g/mol. The quantitative estimate of drug-likeness (QED) is 0.781. The van der Waals surface area contributed by atoms with E-state index in [-0.39, 0.29) is 5.92 Å². The lowest BCUT2D eigenvalue weighted by atomic mass is 9.92. The molecule has 0 aromatic heterocycles. The molecule has 1 atom stereocenters. The minimum absolute atomic E-state index is 0.219. The largest absolute Gasteiger partial charge is 0.343 e. The van der Waals surface area contributed by atoms with Gasteiger partial charge in [-0.3, -0.25) is 14.6 Å². The zero-order chi connectivity index (χ0) is 19.5. The van der Waals surface area contributed by atoms with Gasteiger partial charge in [0.05, 0.1) is 5.92 Å². The number of benzene rings is 1. The minimum atomic E-state index is 0.219. The Labute approximate surface area is 170 Å². The Kier molecular flexibility index (Phi) is 6.37. The molecule has 28 heavy (non-hydrogen) atoms. The van der Waals surface area contributed by atoms with Crippen LogP contribution >= 0.6 is 0 Å². The standard InChI is InChI=1S/C24H37N3O/c1-3-25(4-2)24(28)21-10-7-13-27(18-21)22-11-14-26(15-12-22)23-16-19-8-5-6-9-20(19)17-23/h5-6,8-9,21-23H,3-4,7,10-18H2,1-2H3.